The molecule has 0 saturated carbocycles. The number of carbonyl (C=O) groups excluding carboxylic acids is 1. The molecule has 0 atom stereocenters. The predicted octanol–water partition coefficient (Wildman–Crippen LogP) is 3.15. The van der Waals surface area contributed by atoms with Crippen molar-refractivity contribution < 1.29 is 4.79 Å². The molecule has 0 aliphatic carbocycles. The van der Waals surface area contributed by atoms with Crippen LogP contribution in [0.15, 0.2) is 48.5 Å². The number of anilines is 2. The van der Waals surface area contributed by atoms with Crippen molar-refractivity contribution in [3.05, 3.63) is 59.7 Å². The van der Waals surface area contributed by atoms with Crippen molar-refractivity contribution in [2.45, 2.75) is 19.8 Å². The first-order valence-corrected chi connectivity index (χ1v) is 6.34. The van der Waals surface area contributed by atoms with Gasteiger partial charge in [0.1, 0.15) is 0 Å². The molecule has 0 aromatic heterocycles. The fraction of sp³-hybridized carbons (Fsp3) is 0.188. The summed E-state index contributed by atoms with van der Waals surface area (Å²) in [5, 5.41) is 2.88. The van der Waals surface area contributed by atoms with Crippen LogP contribution in [-0.4, -0.2) is 5.91 Å². The molecule has 0 saturated heterocycles. The molecular formula is C16H18N2O. The van der Waals surface area contributed by atoms with Gasteiger partial charge in [-0.2, -0.15) is 0 Å². The molecule has 0 unspecified atom stereocenters. The van der Waals surface area contributed by atoms with Crippen LogP contribution in [-0.2, 0) is 11.2 Å². The van der Waals surface area contributed by atoms with E-state index in [9.17, 15) is 4.79 Å². The van der Waals surface area contributed by atoms with Gasteiger partial charge in [0.2, 0.25) is 5.91 Å². The fourth-order valence-electron chi connectivity index (χ4n) is 1.87. The molecule has 19 heavy (non-hydrogen) atoms. The highest BCUT2D eigenvalue weighted by atomic mass is 16.1. The van der Waals surface area contributed by atoms with Crippen molar-refractivity contribution in [1.29, 1.82) is 0 Å². The number of nitrogen functional groups attached to an aromatic ring is 1. The van der Waals surface area contributed by atoms with E-state index < -0.39 is 0 Å². The number of benzene rings is 2. The van der Waals surface area contributed by atoms with E-state index in [-0.39, 0.29) is 5.91 Å². The second-order valence-corrected chi connectivity index (χ2v) is 4.66. The van der Waals surface area contributed by atoms with Crippen LogP contribution in [0, 0.1) is 6.92 Å². The lowest BCUT2D eigenvalue weighted by Crippen LogP contribution is -2.12. The maximum absolute atomic E-state index is 11.8. The summed E-state index contributed by atoms with van der Waals surface area (Å²) >= 11 is 0. The zero-order valence-electron chi connectivity index (χ0n) is 11.0. The number of hydrogen-bond donors (Lipinski definition) is 2. The van der Waals surface area contributed by atoms with Gasteiger partial charge in [0.25, 0.3) is 0 Å². The van der Waals surface area contributed by atoms with Crippen LogP contribution in [0.5, 0.6) is 0 Å². The van der Waals surface area contributed by atoms with Crippen LogP contribution in [0.1, 0.15) is 17.5 Å². The molecule has 0 spiro atoms. The van der Waals surface area contributed by atoms with Crippen molar-refractivity contribution in [3.8, 4) is 0 Å². The Morgan fingerprint density at radius 2 is 1.89 bits per heavy atom. The van der Waals surface area contributed by atoms with Crippen molar-refractivity contribution in [2.75, 3.05) is 11.1 Å². The topological polar surface area (TPSA) is 55.1 Å². The molecule has 2 aromatic carbocycles. The predicted molar refractivity (Wildman–Crippen MR) is 79.0 cm³/mol. The second-order valence-electron chi connectivity index (χ2n) is 4.66. The lowest BCUT2D eigenvalue weighted by Gasteiger charge is -2.06. The molecule has 0 heterocycles. The number of amides is 1. The van der Waals surface area contributed by atoms with E-state index in [4.69, 9.17) is 5.73 Å². The Kier molecular flexibility index (Phi) is 4.18. The summed E-state index contributed by atoms with van der Waals surface area (Å²) in [5.41, 5.74) is 9.53. The Hall–Kier alpha value is -2.29. The van der Waals surface area contributed by atoms with Gasteiger partial charge in [-0.05, 0) is 43.2 Å². The minimum Gasteiger partial charge on any atom is -0.399 e. The third-order valence-corrected chi connectivity index (χ3v) is 2.93. The van der Waals surface area contributed by atoms with E-state index in [1.54, 1.807) is 0 Å². The van der Waals surface area contributed by atoms with Crippen LogP contribution in [0.4, 0.5) is 11.4 Å². The molecule has 3 N–H and O–H groups in total. The minimum atomic E-state index is 0.0197. The van der Waals surface area contributed by atoms with Crippen LogP contribution >= 0.6 is 0 Å². The van der Waals surface area contributed by atoms with Crippen LogP contribution in [0.25, 0.3) is 0 Å². The number of carbonyl (C=O) groups is 1. The van der Waals surface area contributed by atoms with E-state index in [0.29, 0.717) is 12.8 Å². The average molecular weight is 254 g/mol. The van der Waals surface area contributed by atoms with E-state index in [0.717, 1.165) is 16.9 Å². The standard InChI is InChI=1S/C16H18N2O/c1-12-5-8-15(9-6-12)18-16(19)10-7-13-3-2-4-14(17)11-13/h2-6,8-9,11H,7,10,17H2,1H3,(H,18,19). The van der Waals surface area contributed by atoms with E-state index in [2.05, 4.69) is 5.32 Å². The van der Waals surface area contributed by atoms with Crippen molar-refractivity contribution >= 4 is 17.3 Å². The third-order valence-electron chi connectivity index (χ3n) is 2.93. The van der Waals surface area contributed by atoms with Gasteiger partial charge in [0, 0.05) is 17.8 Å². The number of hydrogen-bond acceptors (Lipinski definition) is 2. The monoisotopic (exact) mass is 254 g/mol. The first-order valence-electron chi connectivity index (χ1n) is 6.34. The zero-order chi connectivity index (χ0) is 13.7. The first-order chi connectivity index (χ1) is 9.13. The summed E-state index contributed by atoms with van der Waals surface area (Å²) in [6.45, 7) is 2.02. The molecule has 2 rings (SSSR count). The highest BCUT2D eigenvalue weighted by Gasteiger charge is 2.03. The normalized spacial score (nSPS) is 10.2. The van der Waals surface area contributed by atoms with Crippen molar-refractivity contribution in [3.63, 3.8) is 0 Å². The molecular weight excluding hydrogens is 236 g/mol. The SMILES string of the molecule is Cc1ccc(NC(=O)CCc2cccc(N)c2)cc1. The first kappa shape index (κ1) is 13.1. The second kappa shape index (κ2) is 6.05. The molecule has 2 aromatic rings. The summed E-state index contributed by atoms with van der Waals surface area (Å²) in [7, 11) is 0. The molecule has 3 heteroatoms. The summed E-state index contributed by atoms with van der Waals surface area (Å²) in [4.78, 5) is 11.8. The Bertz CT molecular complexity index is 561. The highest BCUT2D eigenvalue weighted by molar-refractivity contribution is 5.90. The Morgan fingerprint density at radius 3 is 2.58 bits per heavy atom. The van der Waals surface area contributed by atoms with Crippen LogP contribution in [0.3, 0.4) is 0 Å². The molecule has 0 radical (unpaired) electrons. The van der Waals surface area contributed by atoms with Crippen molar-refractivity contribution in [1.82, 2.24) is 0 Å². The molecule has 0 bridgehead atoms. The van der Waals surface area contributed by atoms with Gasteiger partial charge in [0.05, 0.1) is 0 Å². The molecule has 98 valence electrons. The smallest absolute Gasteiger partial charge is 0.224 e. The van der Waals surface area contributed by atoms with E-state index in [1.807, 2.05) is 55.5 Å². The zero-order valence-corrected chi connectivity index (χ0v) is 11.0. The maximum atomic E-state index is 11.8. The van der Waals surface area contributed by atoms with E-state index in [1.165, 1.54) is 5.56 Å². The summed E-state index contributed by atoms with van der Waals surface area (Å²) < 4.78 is 0. The largest absolute Gasteiger partial charge is 0.399 e. The summed E-state index contributed by atoms with van der Waals surface area (Å²) in [6, 6.07) is 15.4. The van der Waals surface area contributed by atoms with Gasteiger partial charge >= 0.3 is 0 Å². The van der Waals surface area contributed by atoms with Crippen LogP contribution < -0.4 is 11.1 Å². The number of nitrogens with two attached hydrogens (primary N) is 1. The van der Waals surface area contributed by atoms with Gasteiger partial charge in [-0.25, -0.2) is 0 Å². The molecule has 1 amide bonds. The van der Waals surface area contributed by atoms with E-state index >= 15 is 0 Å². The number of rotatable bonds is 4. The molecule has 3 nitrogen and oxygen atoms in total. The summed E-state index contributed by atoms with van der Waals surface area (Å²) in [5.74, 6) is 0.0197. The fourth-order valence-corrected chi connectivity index (χ4v) is 1.87. The molecule has 0 aliphatic heterocycles. The summed E-state index contributed by atoms with van der Waals surface area (Å²) in [6.07, 6.45) is 1.15. The quantitative estimate of drug-likeness (QED) is 0.823. The van der Waals surface area contributed by atoms with Gasteiger partial charge < -0.3 is 11.1 Å². The lowest BCUT2D eigenvalue weighted by atomic mass is 10.1. The average Bonchev–Trinajstić information content (AvgIpc) is 2.39. The Balaban J connectivity index is 1.86. The van der Waals surface area contributed by atoms with Gasteiger partial charge in [0.15, 0.2) is 0 Å². The molecule has 0 aliphatic rings. The highest BCUT2D eigenvalue weighted by Crippen LogP contribution is 2.11. The van der Waals surface area contributed by atoms with Gasteiger partial charge in [-0.3, -0.25) is 4.79 Å². The number of aryl methyl sites for hydroxylation is 2. The third kappa shape index (κ3) is 4.14. The Labute approximate surface area is 113 Å². The Morgan fingerprint density at radius 1 is 1.16 bits per heavy atom. The number of nitrogens with one attached hydrogen (secondary N) is 1. The van der Waals surface area contributed by atoms with Crippen LogP contribution in [0.2, 0.25) is 0 Å². The van der Waals surface area contributed by atoms with Gasteiger partial charge in [-0.15, -0.1) is 0 Å². The van der Waals surface area contributed by atoms with Crippen molar-refractivity contribution in [2.24, 2.45) is 0 Å². The van der Waals surface area contributed by atoms with Gasteiger partial charge in [-0.1, -0.05) is 29.8 Å². The maximum Gasteiger partial charge on any atom is 0.224 e. The lowest BCUT2D eigenvalue weighted by molar-refractivity contribution is -0.116. The minimum absolute atomic E-state index is 0.0197. The molecule has 0 fully saturated rings.